The highest BCUT2D eigenvalue weighted by molar-refractivity contribution is 6.12. The average molecular weight is 311 g/mol. The molecule has 0 spiro atoms. The predicted molar refractivity (Wildman–Crippen MR) is 86.4 cm³/mol. The third-order valence-corrected chi connectivity index (χ3v) is 3.11. The number of carbonyl (C=O) groups is 3. The minimum absolute atomic E-state index is 0.244. The van der Waals surface area contributed by atoms with Crippen LogP contribution in [0.25, 0.3) is 0 Å². The van der Waals surface area contributed by atoms with Gasteiger partial charge in [-0.15, -0.1) is 0 Å². The summed E-state index contributed by atoms with van der Waals surface area (Å²) in [6.45, 7) is 1.95. The van der Waals surface area contributed by atoms with Crippen LogP contribution < -0.4 is 5.32 Å². The topological polar surface area (TPSA) is 72.5 Å². The molecular formula is C18H17NO4. The molecule has 2 rings (SSSR count). The number of hydrogen-bond acceptors (Lipinski definition) is 4. The molecule has 0 aromatic heterocycles. The largest absolute Gasteiger partial charge is 0.462 e. The first-order chi connectivity index (χ1) is 11.1. The van der Waals surface area contributed by atoms with Gasteiger partial charge in [0.15, 0.2) is 5.78 Å². The fraction of sp³-hybridized carbons (Fsp3) is 0.167. The van der Waals surface area contributed by atoms with Crippen molar-refractivity contribution in [2.75, 3.05) is 11.9 Å². The molecule has 0 saturated carbocycles. The Balaban J connectivity index is 2.06. The van der Waals surface area contributed by atoms with Crippen LogP contribution in [0, 0.1) is 0 Å². The number of anilines is 1. The van der Waals surface area contributed by atoms with Gasteiger partial charge >= 0.3 is 5.97 Å². The number of nitrogens with one attached hydrogen (secondary N) is 1. The van der Waals surface area contributed by atoms with Gasteiger partial charge in [-0.3, -0.25) is 9.59 Å². The van der Waals surface area contributed by atoms with Gasteiger partial charge in [-0.25, -0.2) is 4.79 Å². The third kappa shape index (κ3) is 4.51. The lowest BCUT2D eigenvalue weighted by Crippen LogP contribution is -2.19. The van der Waals surface area contributed by atoms with Crippen LogP contribution in [-0.2, 0) is 9.53 Å². The van der Waals surface area contributed by atoms with E-state index in [4.69, 9.17) is 4.74 Å². The number of Topliss-reactive ketones (excluding diaryl/α,β-unsaturated/α-hetero) is 1. The van der Waals surface area contributed by atoms with Gasteiger partial charge in [0.1, 0.15) is 0 Å². The summed E-state index contributed by atoms with van der Waals surface area (Å²) < 4.78 is 4.94. The molecule has 0 fully saturated rings. The van der Waals surface area contributed by atoms with Crippen molar-refractivity contribution >= 4 is 23.3 Å². The summed E-state index contributed by atoms with van der Waals surface area (Å²) in [6.07, 6.45) is -0.291. The molecule has 1 amide bonds. The molecule has 118 valence electrons. The average Bonchev–Trinajstić information content (AvgIpc) is 2.56. The van der Waals surface area contributed by atoms with Crippen molar-refractivity contribution in [2.24, 2.45) is 0 Å². The summed E-state index contributed by atoms with van der Waals surface area (Å²) in [4.78, 5) is 35.9. The number of benzene rings is 2. The standard InChI is InChI=1S/C18H17NO4/c1-2-23-18(22)14-10-6-7-11-15(14)19-17(21)12-16(20)13-8-4-3-5-9-13/h3-11H,2,12H2,1H3,(H,19,21). The molecule has 1 N–H and O–H groups in total. The summed E-state index contributed by atoms with van der Waals surface area (Å²) in [7, 11) is 0. The third-order valence-electron chi connectivity index (χ3n) is 3.11. The molecule has 0 radical (unpaired) electrons. The molecule has 0 aliphatic heterocycles. The van der Waals surface area contributed by atoms with Gasteiger partial charge in [-0.05, 0) is 19.1 Å². The van der Waals surface area contributed by atoms with Crippen LogP contribution in [0.2, 0.25) is 0 Å². The summed E-state index contributed by atoms with van der Waals surface area (Å²) >= 11 is 0. The quantitative estimate of drug-likeness (QED) is 0.505. The van der Waals surface area contributed by atoms with Gasteiger partial charge in [-0.2, -0.15) is 0 Å². The van der Waals surface area contributed by atoms with E-state index in [1.807, 2.05) is 0 Å². The van der Waals surface area contributed by atoms with Gasteiger partial charge in [0.05, 0.1) is 24.3 Å². The molecule has 2 aromatic carbocycles. The van der Waals surface area contributed by atoms with Crippen molar-refractivity contribution in [3.05, 3.63) is 65.7 Å². The van der Waals surface area contributed by atoms with Crippen LogP contribution in [0.5, 0.6) is 0 Å². The molecule has 0 aliphatic rings. The summed E-state index contributed by atoms with van der Waals surface area (Å²) in [6, 6.07) is 15.1. The first-order valence-electron chi connectivity index (χ1n) is 7.26. The van der Waals surface area contributed by atoms with Crippen molar-refractivity contribution in [3.63, 3.8) is 0 Å². The Bertz CT molecular complexity index is 710. The lowest BCUT2D eigenvalue weighted by molar-refractivity contribution is -0.115. The first kappa shape index (κ1) is 16.4. The Morgan fingerprint density at radius 3 is 2.30 bits per heavy atom. The van der Waals surface area contributed by atoms with Gasteiger partial charge in [0.2, 0.25) is 5.91 Å². The van der Waals surface area contributed by atoms with E-state index in [1.165, 1.54) is 0 Å². The summed E-state index contributed by atoms with van der Waals surface area (Å²) in [5.41, 5.74) is 1.06. The van der Waals surface area contributed by atoms with Crippen molar-refractivity contribution in [3.8, 4) is 0 Å². The normalized spacial score (nSPS) is 9.96. The fourth-order valence-electron chi connectivity index (χ4n) is 2.05. The van der Waals surface area contributed by atoms with Crippen LogP contribution in [-0.4, -0.2) is 24.3 Å². The van der Waals surface area contributed by atoms with Crippen molar-refractivity contribution in [1.29, 1.82) is 0 Å². The molecule has 0 bridgehead atoms. The second-order valence-corrected chi connectivity index (χ2v) is 4.78. The van der Waals surface area contributed by atoms with E-state index in [2.05, 4.69) is 5.32 Å². The van der Waals surface area contributed by atoms with E-state index in [9.17, 15) is 14.4 Å². The number of carbonyl (C=O) groups excluding carboxylic acids is 3. The number of esters is 1. The molecule has 0 saturated heterocycles. The van der Waals surface area contributed by atoms with E-state index in [0.29, 0.717) is 11.3 Å². The number of para-hydroxylation sites is 1. The van der Waals surface area contributed by atoms with Crippen molar-refractivity contribution in [2.45, 2.75) is 13.3 Å². The van der Waals surface area contributed by atoms with Gasteiger partial charge < -0.3 is 10.1 Å². The van der Waals surface area contributed by atoms with Gasteiger partial charge in [0.25, 0.3) is 0 Å². The van der Waals surface area contributed by atoms with E-state index >= 15 is 0 Å². The molecule has 5 heteroatoms. The Kier molecular flexibility index (Phi) is 5.63. The zero-order chi connectivity index (χ0) is 16.7. The Hall–Kier alpha value is -2.95. The number of rotatable bonds is 6. The van der Waals surface area contributed by atoms with E-state index in [1.54, 1.807) is 61.5 Å². The molecule has 0 unspecified atom stereocenters. The number of hydrogen-bond donors (Lipinski definition) is 1. The molecule has 0 atom stereocenters. The maximum atomic E-state index is 12.0. The van der Waals surface area contributed by atoms with Crippen LogP contribution in [0.3, 0.4) is 0 Å². The Labute approximate surface area is 134 Å². The summed E-state index contributed by atoms with van der Waals surface area (Å²) in [5.74, 6) is -1.27. The van der Waals surface area contributed by atoms with E-state index in [-0.39, 0.29) is 24.4 Å². The lowest BCUT2D eigenvalue weighted by atomic mass is 10.1. The highest BCUT2D eigenvalue weighted by atomic mass is 16.5. The van der Waals surface area contributed by atoms with Crippen LogP contribution in [0.4, 0.5) is 5.69 Å². The van der Waals surface area contributed by atoms with Crippen molar-refractivity contribution in [1.82, 2.24) is 0 Å². The molecule has 0 aliphatic carbocycles. The molecule has 2 aromatic rings. The van der Waals surface area contributed by atoms with Gasteiger partial charge in [0, 0.05) is 5.56 Å². The van der Waals surface area contributed by atoms with Crippen LogP contribution in [0.1, 0.15) is 34.1 Å². The first-order valence-corrected chi connectivity index (χ1v) is 7.26. The SMILES string of the molecule is CCOC(=O)c1ccccc1NC(=O)CC(=O)c1ccccc1. The van der Waals surface area contributed by atoms with E-state index in [0.717, 1.165) is 0 Å². The minimum Gasteiger partial charge on any atom is -0.462 e. The van der Waals surface area contributed by atoms with Crippen LogP contribution in [0.15, 0.2) is 54.6 Å². The highest BCUT2D eigenvalue weighted by Gasteiger charge is 2.16. The molecule has 23 heavy (non-hydrogen) atoms. The zero-order valence-corrected chi connectivity index (χ0v) is 12.7. The fourth-order valence-corrected chi connectivity index (χ4v) is 2.05. The maximum absolute atomic E-state index is 12.0. The van der Waals surface area contributed by atoms with Crippen LogP contribution >= 0.6 is 0 Å². The monoisotopic (exact) mass is 311 g/mol. The highest BCUT2D eigenvalue weighted by Crippen LogP contribution is 2.17. The second kappa shape index (κ2) is 7.89. The molecule has 0 heterocycles. The summed E-state index contributed by atoms with van der Waals surface area (Å²) in [5, 5.41) is 2.59. The van der Waals surface area contributed by atoms with E-state index < -0.39 is 11.9 Å². The van der Waals surface area contributed by atoms with Crippen molar-refractivity contribution < 1.29 is 19.1 Å². The minimum atomic E-state index is -0.516. The Morgan fingerprint density at radius 1 is 0.957 bits per heavy atom. The maximum Gasteiger partial charge on any atom is 0.340 e. The lowest BCUT2D eigenvalue weighted by Gasteiger charge is -2.10. The number of ether oxygens (including phenoxy) is 1. The second-order valence-electron chi connectivity index (χ2n) is 4.78. The number of ketones is 1. The zero-order valence-electron chi connectivity index (χ0n) is 12.7. The molecule has 5 nitrogen and oxygen atoms in total. The predicted octanol–water partition coefficient (Wildman–Crippen LogP) is 3.07. The Morgan fingerprint density at radius 2 is 1.61 bits per heavy atom. The number of amides is 1. The smallest absolute Gasteiger partial charge is 0.340 e. The van der Waals surface area contributed by atoms with Gasteiger partial charge in [-0.1, -0.05) is 42.5 Å². The molecular weight excluding hydrogens is 294 g/mol.